The lowest BCUT2D eigenvalue weighted by atomic mass is 10.1. The Bertz CT molecular complexity index is 1430. The van der Waals surface area contributed by atoms with E-state index < -0.39 is 15.9 Å². The van der Waals surface area contributed by atoms with Gasteiger partial charge in [0.25, 0.3) is 15.9 Å². The van der Waals surface area contributed by atoms with Crippen LogP contribution < -0.4 is 14.8 Å². The Kier molecular flexibility index (Phi) is 6.58. The predicted molar refractivity (Wildman–Crippen MR) is 130 cm³/mol. The third-order valence-corrected chi connectivity index (χ3v) is 6.71. The summed E-state index contributed by atoms with van der Waals surface area (Å²) in [6.45, 7) is 1.63. The second-order valence-corrected chi connectivity index (χ2v) is 9.34. The van der Waals surface area contributed by atoms with Gasteiger partial charge in [-0.15, -0.1) is 0 Å². The lowest BCUT2D eigenvalue weighted by Gasteiger charge is -2.10. The zero-order valence-corrected chi connectivity index (χ0v) is 19.8. The summed E-state index contributed by atoms with van der Waals surface area (Å²) < 4.78 is 38.2. The first kappa shape index (κ1) is 23.3. The van der Waals surface area contributed by atoms with E-state index in [0.717, 1.165) is 0 Å². The molecule has 34 heavy (non-hydrogen) atoms. The Morgan fingerprint density at radius 2 is 1.62 bits per heavy atom. The molecular formula is C24H20ClN3O5S. The van der Waals surface area contributed by atoms with E-state index in [-0.39, 0.29) is 10.5 Å². The van der Waals surface area contributed by atoms with Gasteiger partial charge in [0.15, 0.2) is 0 Å². The molecule has 8 nitrogen and oxygen atoms in total. The second kappa shape index (κ2) is 9.58. The average Bonchev–Trinajstić information content (AvgIpc) is 3.21. The highest BCUT2D eigenvalue weighted by molar-refractivity contribution is 7.92. The largest absolute Gasteiger partial charge is 0.497 e. The number of benzene rings is 3. The minimum atomic E-state index is -3.82. The van der Waals surface area contributed by atoms with Gasteiger partial charge < -0.3 is 14.6 Å². The number of ether oxygens (including phenoxy) is 1. The van der Waals surface area contributed by atoms with E-state index in [2.05, 4.69) is 15.2 Å². The number of carbonyl (C=O) groups excluding carboxylic acids is 1. The fourth-order valence-corrected chi connectivity index (χ4v) is 4.54. The first-order valence-corrected chi connectivity index (χ1v) is 11.9. The zero-order valence-electron chi connectivity index (χ0n) is 18.2. The molecule has 0 bridgehead atoms. The van der Waals surface area contributed by atoms with E-state index in [1.165, 1.54) is 31.4 Å². The van der Waals surface area contributed by atoms with Gasteiger partial charge in [0.1, 0.15) is 22.8 Å². The summed E-state index contributed by atoms with van der Waals surface area (Å²) in [4.78, 5) is 13.0. The van der Waals surface area contributed by atoms with Crippen LogP contribution in [-0.2, 0) is 10.0 Å². The highest BCUT2D eigenvalue weighted by Gasteiger charge is 2.23. The molecule has 0 saturated heterocycles. The topological polar surface area (TPSA) is 111 Å². The van der Waals surface area contributed by atoms with Crippen molar-refractivity contribution < 1.29 is 22.5 Å². The third-order valence-electron chi connectivity index (χ3n) is 4.98. The zero-order chi connectivity index (χ0) is 24.3. The minimum absolute atomic E-state index is 0.0410. The number of aryl methyl sites for hydroxylation is 1. The number of halogens is 1. The van der Waals surface area contributed by atoms with Gasteiger partial charge in [-0.3, -0.25) is 9.52 Å². The van der Waals surface area contributed by atoms with Crippen LogP contribution in [0.4, 0.5) is 11.4 Å². The Morgan fingerprint density at radius 1 is 0.971 bits per heavy atom. The van der Waals surface area contributed by atoms with Crippen LogP contribution in [-0.4, -0.2) is 26.6 Å². The molecule has 10 heteroatoms. The predicted octanol–water partition coefficient (Wildman–Crippen LogP) is 5.37. The number of hydrogen-bond donors (Lipinski definition) is 2. The van der Waals surface area contributed by atoms with E-state index in [1.54, 1.807) is 55.5 Å². The van der Waals surface area contributed by atoms with Gasteiger partial charge >= 0.3 is 0 Å². The lowest BCUT2D eigenvalue weighted by Crippen LogP contribution is -2.15. The summed E-state index contributed by atoms with van der Waals surface area (Å²) >= 11 is 6.26. The number of hydrogen-bond acceptors (Lipinski definition) is 6. The number of anilines is 2. The number of aromatic nitrogens is 1. The summed E-state index contributed by atoms with van der Waals surface area (Å²) in [5.41, 5.74) is 1.93. The minimum Gasteiger partial charge on any atom is -0.497 e. The molecule has 1 heterocycles. The maximum absolute atomic E-state index is 13.0. The highest BCUT2D eigenvalue weighted by Crippen LogP contribution is 2.31. The number of rotatable bonds is 7. The molecule has 3 aromatic carbocycles. The average molecular weight is 498 g/mol. The molecule has 1 amide bonds. The number of amides is 1. The molecule has 2 N–H and O–H groups in total. The van der Waals surface area contributed by atoms with Crippen molar-refractivity contribution in [3.8, 4) is 17.0 Å². The van der Waals surface area contributed by atoms with Crippen molar-refractivity contribution in [2.75, 3.05) is 17.1 Å². The molecule has 174 valence electrons. The summed E-state index contributed by atoms with van der Waals surface area (Å²) in [5, 5.41) is 7.17. The van der Waals surface area contributed by atoms with Gasteiger partial charge in [-0.1, -0.05) is 35.0 Å². The Hall–Kier alpha value is -3.82. The molecule has 0 spiro atoms. The van der Waals surface area contributed by atoms with Gasteiger partial charge in [0, 0.05) is 16.9 Å². The van der Waals surface area contributed by atoms with Crippen molar-refractivity contribution in [1.29, 1.82) is 0 Å². The van der Waals surface area contributed by atoms with Crippen LogP contribution in [0.2, 0.25) is 5.02 Å². The summed E-state index contributed by atoms with van der Waals surface area (Å²) in [7, 11) is -2.29. The molecule has 0 aliphatic rings. The molecule has 1 aromatic heterocycles. The quantitative estimate of drug-likeness (QED) is 0.355. The second-order valence-electron chi connectivity index (χ2n) is 7.25. The Labute approximate surface area is 201 Å². The molecule has 4 rings (SSSR count). The first-order valence-electron chi connectivity index (χ1n) is 10.1. The van der Waals surface area contributed by atoms with Crippen molar-refractivity contribution in [3.05, 3.63) is 89.1 Å². The van der Waals surface area contributed by atoms with Crippen molar-refractivity contribution in [1.82, 2.24) is 5.16 Å². The van der Waals surface area contributed by atoms with E-state index in [0.29, 0.717) is 39.2 Å². The van der Waals surface area contributed by atoms with Gasteiger partial charge in [0.05, 0.1) is 17.0 Å². The number of carbonyl (C=O) groups is 1. The molecule has 0 aliphatic heterocycles. The third kappa shape index (κ3) is 4.90. The number of sulfonamides is 1. The Balaban J connectivity index is 1.52. The Morgan fingerprint density at radius 3 is 2.26 bits per heavy atom. The van der Waals surface area contributed by atoms with Gasteiger partial charge in [-0.2, -0.15) is 0 Å². The normalized spacial score (nSPS) is 11.1. The van der Waals surface area contributed by atoms with Gasteiger partial charge in [-0.05, 0) is 61.5 Å². The van der Waals surface area contributed by atoms with Crippen LogP contribution in [0.1, 0.15) is 16.1 Å². The van der Waals surface area contributed by atoms with Crippen LogP contribution in [0.25, 0.3) is 11.3 Å². The van der Waals surface area contributed by atoms with E-state index in [4.69, 9.17) is 20.9 Å². The van der Waals surface area contributed by atoms with E-state index >= 15 is 0 Å². The molecule has 4 aromatic rings. The smallest absolute Gasteiger partial charge is 0.261 e. The maximum atomic E-state index is 13.0. The first-order chi connectivity index (χ1) is 16.3. The van der Waals surface area contributed by atoms with Crippen LogP contribution >= 0.6 is 11.6 Å². The summed E-state index contributed by atoms with van der Waals surface area (Å²) in [5.74, 6) is 0.486. The molecular weight excluding hydrogens is 478 g/mol. The highest BCUT2D eigenvalue weighted by atomic mass is 35.5. The molecule has 0 aliphatic carbocycles. The fourth-order valence-electron chi connectivity index (χ4n) is 3.26. The monoisotopic (exact) mass is 497 g/mol. The van der Waals surface area contributed by atoms with Crippen molar-refractivity contribution in [3.63, 3.8) is 0 Å². The van der Waals surface area contributed by atoms with Crippen LogP contribution in [0.15, 0.2) is 82.2 Å². The summed E-state index contributed by atoms with van der Waals surface area (Å²) in [6.07, 6.45) is 0. The molecule has 0 radical (unpaired) electrons. The van der Waals surface area contributed by atoms with Gasteiger partial charge in [-0.25, -0.2) is 8.42 Å². The summed E-state index contributed by atoms with van der Waals surface area (Å²) in [6, 6.07) is 19.3. The molecule has 0 atom stereocenters. The molecule has 0 saturated carbocycles. The molecule has 0 unspecified atom stereocenters. The lowest BCUT2D eigenvalue weighted by molar-refractivity contribution is 0.102. The number of nitrogens with zero attached hydrogens (tertiary/aromatic N) is 1. The molecule has 0 fully saturated rings. The number of nitrogens with one attached hydrogen (secondary N) is 2. The standard InChI is InChI=1S/C24H20ClN3O5S/c1-15-22(23(27-33-15)20-5-3-4-6-21(20)25)24(29)26-16-9-13-19(14-10-16)34(30,31)28-17-7-11-18(32-2)12-8-17/h3-14,28H,1-2H3,(H,26,29). The van der Waals surface area contributed by atoms with Crippen molar-refractivity contribution in [2.45, 2.75) is 11.8 Å². The van der Waals surface area contributed by atoms with E-state index in [9.17, 15) is 13.2 Å². The fraction of sp³-hybridized carbons (Fsp3) is 0.0833. The van der Waals surface area contributed by atoms with Crippen LogP contribution in [0, 0.1) is 6.92 Å². The number of methoxy groups -OCH3 is 1. The SMILES string of the molecule is COc1ccc(NS(=O)(=O)c2ccc(NC(=O)c3c(-c4ccccc4Cl)noc3C)cc2)cc1. The van der Waals surface area contributed by atoms with E-state index in [1.807, 2.05) is 0 Å². The van der Waals surface area contributed by atoms with Crippen molar-refractivity contribution >= 4 is 38.9 Å². The van der Waals surface area contributed by atoms with Gasteiger partial charge in [0.2, 0.25) is 0 Å². The maximum Gasteiger partial charge on any atom is 0.261 e. The van der Waals surface area contributed by atoms with Crippen LogP contribution in [0.3, 0.4) is 0 Å². The van der Waals surface area contributed by atoms with Crippen LogP contribution in [0.5, 0.6) is 5.75 Å². The van der Waals surface area contributed by atoms with Crippen molar-refractivity contribution in [2.24, 2.45) is 0 Å².